The molecule has 1 aromatic carbocycles. The predicted octanol–water partition coefficient (Wildman–Crippen LogP) is 1.12. The topological polar surface area (TPSA) is 162 Å². The van der Waals surface area contributed by atoms with Crippen molar-refractivity contribution in [3.63, 3.8) is 0 Å². The minimum Gasteiger partial charge on any atom is -0.494 e. The second kappa shape index (κ2) is 10.2. The molecule has 3 N–H and O–H groups in total. The zero-order chi connectivity index (χ0) is 19.9. The number of carbonyl (C=O) groups excluding carboxylic acids is 2. The standard InChI is InChI=1S/C14H15Cl2N3O7/c1-25-13-7(16)3-2-6(15)10(13)14(24)26-5-9(21)12(23)11(22)8(4-20)18-19-17/h2-4,8-9,11-12,21-23H,5H2,1H3. The largest absolute Gasteiger partial charge is 0.494 e. The van der Waals surface area contributed by atoms with E-state index in [0.717, 1.165) is 0 Å². The molecule has 4 atom stereocenters. The van der Waals surface area contributed by atoms with Crippen molar-refractivity contribution in [1.29, 1.82) is 0 Å². The third kappa shape index (κ3) is 5.21. The van der Waals surface area contributed by atoms with Crippen LogP contribution in [0, 0.1) is 0 Å². The van der Waals surface area contributed by atoms with Crippen molar-refractivity contribution in [2.75, 3.05) is 13.7 Å². The first kappa shape index (κ1) is 22.0. The molecule has 12 heteroatoms. The smallest absolute Gasteiger partial charge is 0.343 e. The fourth-order valence-corrected chi connectivity index (χ4v) is 2.38. The lowest BCUT2D eigenvalue weighted by atomic mass is 10.0. The number of hydrogen-bond acceptors (Lipinski definition) is 8. The van der Waals surface area contributed by atoms with Gasteiger partial charge in [-0.05, 0) is 17.7 Å². The maximum Gasteiger partial charge on any atom is 0.343 e. The van der Waals surface area contributed by atoms with Crippen molar-refractivity contribution in [3.8, 4) is 5.75 Å². The zero-order valence-electron chi connectivity index (χ0n) is 13.3. The molecule has 0 aromatic heterocycles. The molecule has 26 heavy (non-hydrogen) atoms. The Bertz CT molecular complexity index is 712. The van der Waals surface area contributed by atoms with Crippen molar-refractivity contribution in [1.82, 2.24) is 0 Å². The lowest BCUT2D eigenvalue weighted by Gasteiger charge is -2.24. The number of hydrogen-bond donors (Lipinski definition) is 3. The van der Waals surface area contributed by atoms with Crippen LogP contribution in [0.4, 0.5) is 0 Å². The number of ether oxygens (including phenoxy) is 2. The number of methoxy groups -OCH3 is 1. The number of aliphatic hydroxyl groups is 3. The van der Waals surface area contributed by atoms with E-state index in [1.165, 1.54) is 19.2 Å². The van der Waals surface area contributed by atoms with Crippen LogP contribution in [-0.4, -0.2) is 65.6 Å². The summed E-state index contributed by atoms with van der Waals surface area (Å²) in [7, 11) is 1.26. The normalized spacial score (nSPS) is 15.2. The Morgan fingerprint density at radius 1 is 1.31 bits per heavy atom. The van der Waals surface area contributed by atoms with Crippen molar-refractivity contribution in [2.24, 2.45) is 5.11 Å². The molecule has 0 aliphatic heterocycles. The minimum atomic E-state index is -1.93. The van der Waals surface area contributed by atoms with Gasteiger partial charge in [0.1, 0.15) is 36.7 Å². The van der Waals surface area contributed by atoms with Crippen LogP contribution >= 0.6 is 23.2 Å². The molecule has 0 bridgehead atoms. The lowest BCUT2D eigenvalue weighted by molar-refractivity contribution is -0.118. The lowest BCUT2D eigenvalue weighted by Crippen LogP contribution is -2.46. The van der Waals surface area contributed by atoms with Crippen molar-refractivity contribution < 1.29 is 34.4 Å². The van der Waals surface area contributed by atoms with Gasteiger partial charge < -0.3 is 29.6 Å². The average molecular weight is 408 g/mol. The molecular formula is C14H15Cl2N3O7. The molecule has 0 fully saturated rings. The molecule has 0 aliphatic carbocycles. The van der Waals surface area contributed by atoms with Crippen LogP contribution in [-0.2, 0) is 9.53 Å². The Morgan fingerprint density at radius 3 is 2.46 bits per heavy atom. The Hall–Kier alpha value is -2.07. The van der Waals surface area contributed by atoms with Crippen LogP contribution in [0.1, 0.15) is 10.4 Å². The number of aliphatic hydroxyl groups excluding tert-OH is 3. The summed E-state index contributed by atoms with van der Waals surface area (Å²) in [6.45, 7) is -0.759. The molecule has 142 valence electrons. The van der Waals surface area contributed by atoms with E-state index in [1.807, 2.05) is 0 Å². The quantitative estimate of drug-likeness (QED) is 0.181. The highest BCUT2D eigenvalue weighted by atomic mass is 35.5. The number of halogens is 2. The summed E-state index contributed by atoms with van der Waals surface area (Å²) >= 11 is 11.8. The SMILES string of the molecule is COc1c(Cl)ccc(Cl)c1C(=O)OCC(O)C(O)C(O)C(C=O)N=[N+]=[N-]. The predicted molar refractivity (Wildman–Crippen MR) is 90.3 cm³/mol. The monoisotopic (exact) mass is 407 g/mol. The highest BCUT2D eigenvalue weighted by molar-refractivity contribution is 6.37. The Kier molecular flexibility index (Phi) is 8.59. The molecule has 1 rings (SSSR count). The maximum absolute atomic E-state index is 12.2. The number of carbonyl (C=O) groups is 2. The second-order valence-electron chi connectivity index (χ2n) is 4.92. The van der Waals surface area contributed by atoms with E-state index >= 15 is 0 Å². The van der Waals surface area contributed by atoms with Crippen LogP contribution in [0.2, 0.25) is 10.0 Å². The summed E-state index contributed by atoms with van der Waals surface area (Å²) in [5, 5.41) is 32.4. The van der Waals surface area contributed by atoms with Gasteiger partial charge in [-0.1, -0.05) is 28.3 Å². The maximum atomic E-state index is 12.2. The van der Waals surface area contributed by atoms with Crippen molar-refractivity contribution >= 4 is 35.5 Å². The molecular weight excluding hydrogens is 393 g/mol. The van der Waals surface area contributed by atoms with E-state index in [2.05, 4.69) is 10.0 Å². The van der Waals surface area contributed by atoms with Gasteiger partial charge in [-0.2, -0.15) is 0 Å². The van der Waals surface area contributed by atoms with Gasteiger partial charge in [0.25, 0.3) is 0 Å². The number of nitrogens with zero attached hydrogens (tertiary/aromatic N) is 3. The van der Waals surface area contributed by atoms with Gasteiger partial charge in [0, 0.05) is 4.91 Å². The van der Waals surface area contributed by atoms with E-state index in [4.69, 9.17) is 38.2 Å². The minimum absolute atomic E-state index is 0.0179. The van der Waals surface area contributed by atoms with E-state index < -0.39 is 36.9 Å². The van der Waals surface area contributed by atoms with E-state index in [0.29, 0.717) is 0 Å². The van der Waals surface area contributed by atoms with Gasteiger partial charge in [-0.3, -0.25) is 0 Å². The molecule has 0 heterocycles. The first-order chi connectivity index (χ1) is 12.3. The van der Waals surface area contributed by atoms with Gasteiger partial charge in [-0.25, -0.2) is 4.79 Å². The third-order valence-electron chi connectivity index (χ3n) is 3.27. The number of esters is 1. The van der Waals surface area contributed by atoms with Crippen molar-refractivity contribution in [2.45, 2.75) is 24.4 Å². The van der Waals surface area contributed by atoms with E-state index in [9.17, 15) is 24.9 Å². The zero-order valence-corrected chi connectivity index (χ0v) is 14.8. The Labute approximate surface area is 157 Å². The summed E-state index contributed by atoms with van der Waals surface area (Å²) < 4.78 is 9.83. The van der Waals surface area contributed by atoms with Gasteiger partial charge in [0.2, 0.25) is 0 Å². The number of azide groups is 1. The van der Waals surface area contributed by atoms with Crippen LogP contribution < -0.4 is 4.74 Å². The molecule has 0 radical (unpaired) electrons. The van der Waals surface area contributed by atoms with Gasteiger partial charge in [0.15, 0.2) is 5.75 Å². The molecule has 0 spiro atoms. The van der Waals surface area contributed by atoms with Crippen LogP contribution in [0.15, 0.2) is 17.2 Å². The van der Waals surface area contributed by atoms with Gasteiger partial charge >= 0.3 is 5.97 Å². The summed E-state index contributed by atoms with van der Waals surface area (Å²) in [6.07, 6.45) is -5.51. The number of rotatable bonds is 9. The second-order valence-corrected chi connectivity index (χ2v) is 5.73. The fourth-order valence-electron chi connectivity index (χ4n) is 1.92. The first-order valence-corrected chi connectivity index (χ1v) is 7.76. The van der Waals surface area contributed by atoms with Crippen LogP contribution in [0.3, 0.4) is 0 Å². The Morgan fingerprint density at radius 2 is 1.92 bits per heavy atom. The molecule has 0 saturated carbocycles. The van der Waals surface area contributed by atoms with Crippen LogP contribution in [0.25, 0.3) is 10.4 Å². The third-order valence-corrected chi connectivity index (χ3v) is 3.88. The molecule has 0 saturated heterocycles. The van der Waals surface area contributed by atoms with Crippen molar-refractivity contribution in [3.05, 3.63) is 38.2 Å². The fraction of sp³-hybridized carbons (Fsp3) is 0.429. The number of benzene rings is 1. The molecule has 10 nitrogen and oxygen atoms in total. The van der Waals surface area contributed by atoms with E-state index in [-0.39, 0.29) is 27.6 Å². The summed E-state index contributed by atoms with van der Waals surface area (Å²) in [4.78, 5) is 25.2. The van der Waals surface area contributed by atoms with Gasteiger partial charge in [-0.15, -0.1) is 0 Å². The summed E-state index contributed by atoms with van der Waals surface area (Å²) in [5.41, 5.74) is 8.09. The highest BCUT2D eigenvalue weighted by Crippen LogP contribution is 2.34. The molecule has 0 amide bonds. The average Bonchev–Trinajstić information content (AvgIpc) is 2.64. The van der Waals surface area contributed by atoms with Crippen LogP contribution in [0.5, 0.6) is 5.75 Å². The molecule has 4 unspecified atom stereocenters. The molecule has 0 aliphatic rings. The van der Waals surface area contributed by atoms with E-state index in [1.54, 1.807) is 0 Å². The van der Waals surface area contributed by atoms with Gasteiger partial charge in [0.05, 0.1) is 23.3 Å². The molecule has 1 aromatic rings. The number of aldehydes is 1. The summed E-state index contributed by atoms with van der Waals surface area (Å²) in [5.74, 6) is -1.04. The summed E-state index contributed by atoms with van der Waals surface area (Å²) in [6, 6.07) is 1.12. The Balaban J connectivity index is 2.83. The highest BCUT2D eigenvalue weighted by Gasteiger charge is 2.32. The first-order valence-electron chi connectivity index (χ1n) is 7.01.